The minimum Gasteiger partial charge on any atom is -0.462 e. The molecule has 2 N–H and O–H groups in total. The van der Waals surface area contributed by atoms with E-state index < -0.39 is 5.97 Å². The SMILES string of the molecule is CCOC(=O)c1cnc(-c2cccc(C)c2)nc1Nc1ccc(Nc2nc(C)cc(C)n2)cc1. The van der Waals surface area contributed by atoms with Crippen molar-refractivity contribution in [2.75, 3.05) is 17.2 Å². The van der Waals surface area contributed by atoms with E-state index in [4.69, 9.17) is 4.74 Å². The average Bonchev–Trinajstić information content (AvgIpc) is 2.80. The summed E-state index contributed by atoms with van der Waals surface area (Å²) in [6, 6.07) is 17.4. The molecule has 2 aromatic heterocycles. The molecule has 0 bridgehead atoms. The summed E-state index contributed by atoms with van der Waals surface area (Å²) in [7, 11) is 0. The lowest BCUT2D eigenvalue weighted by atomic mass is 10.1. The molecule has 34 heavy (non-hydrogen) atoms. The average molecular weight is 455 g/mol. The van der Waals surface area contributed by atoms with E-state index in [1.807, 2.05) is 75.4 Å². The number of aromatic nitrogens is 4. The molecule has 8 heteroatoms. The summed E-state index contributed by atoms with van der Waals surface area (Å²) >= 11 is 0. The number of carbonyl (C=O) groups excluding carboxylic acids is 1. The number of anilines is 4. The van der Waals surface area contributed by atoms with Crippen LogP contribution in [-0.2, 0) is 4.74 Å². The molecule has 0 saturated heterocycles. The van der Waals surface area contributed by atoms with Crippen LogP contribution in [0.25, 0.3) is 11.4 Å². The third kappa shape index (κ3) is 5.53. The van der Waals surface area contributed by atoms with E-state index in [9.17, 15) is 4.79 Å². The second-order valence-electron chi connectivity index (χ2n) is 7.85. The van der Waals surface area contributed by atoms with E-state index in [0.29, 0.717) is 17.6 Å². The molecule has 0 radical (unpaired) electrons. The minimum absolute atomic E-state index is 0.263. The van der Waals surface area contributed by atoms with E-state index in [2.05, 4.69) is 30.6 Å². The number of rotatable bonds is 7. The predicted octanol–water partition coefficient (Wildman–Crippen LogP) is 5.52. The molecule has 0 saturated carbocycles. The quantitative estimate of drug-likeness (QED) is 0.352. The van der Waals surface area contributed by atoms with Crippen LogP contribution in [0, 0.1) is 20.8 Å². The molecule has 0 aliphatic carbocycles. The first-order valence-electron chi connectivity index (χ1n) is 11.0. The van der Waals surface area contributed by atoms with Gasteiger partial charge in [-0.2, -0.15) is 0 Å². The highest BCUT2D eigenvalue weighted by atomic mass is 16.5. The van der Waals surface area contributed by atoms with Crippen molar-refractivity contribution in [2.24, 2.45) is 0 Å². The van der Waals surface area contributed by atoms with E-state index in [1.165, 1.54) is 6.20 Å². The van der Waals surface area contributed by atoms with Crippen molar-refractivity contribution in [1.82, 2.24) is 19.9 Å². The normalized spacial score (nSPS) is 10.6. The largest absolute Gasteiger partial charge is 0.462 e. The zero-order valence-corrected chi connectivity index (χ0v) is 19.6. The Morgan fingerprint density at radius 2 is 1.56 bits per heavy atom. The standard InChI is InChI=1S/C26H26N6O2/c1-5-34-25(33)22-15-27-23(19-8-6-7-16(2)13-19)32-24(22)30-20-9-11-21(12-10-20)31-26-28-17(3)14-18(4)29-26/h6-15H,5H2,1-4H3,(H,27,30,32)(H,28,29,31). The minimum atomic E-state index is -0.481. The number of nitrogens with zero attached hydrogens (tertiary/aromatic N) is 4. The molecule has 4 aromatic rings. The van der Waals surface area contributed by atoms with Gasteiger partial charge in [-0.15, -0.1) is 0 Å². The first kappa shape index (κ1) is 22.8. The molecule has 0 atom stereocenters. The van der Waals surface area contributed by atoms with Crippen molar-refractivity contribution in [3.8, 4) is 11.4 Å². The number of esters is 1. The number of hydrogen-bond acceptors (Lipinski definition) is 8. The Kier molecular flexibility index (Phi) is 6.77. The predicted molar refractivity (Wildman–Crippen MR) is 133 cm³/mol. The molecule has 2 heterocycles. The summed E-state index contributed by atoms with van der Waals surface area (Å²) in [5.41, 5.74) is 5.62. The number of nitrogens with one attached hydrogen (secondary N) is 2. The molecule has 0 unspecified atom stereocenters. The lowest BCUT2D eigenvalue weighted by molar-refractivity contribution is 0.0526. The van der Waals surface area contributed by atoms with E-state index >= 15 is 0 Å². The van der Waals surface area contributed by atoms with Gasteiger partial charge in [0, 0.05) is 34.5 Å². The van der Waals surface area contributed by atoms with Crippen LogP contribution in [-0.4, -0.2) is 32.5 Å². The Balaban J connectivity index is 1.60. The number of carbonyl (C=O) groups is 1. The van der Waals surface area contributed by atoms with Crippen molar-refractivity contribution in [3.05, 3.63) is 83.3 Å². The molecule has 2 aromatic carbocycles. The zero-order valence-electron chi connectivity index (χ0n) is 19.6. The summed E-state index contributed by atoms with van der Waals surface area (Å²) in [6.45, 7) is 7.90. The van der Waals surface area contributed by atoms with E-state index in [-0.39, 0.29) is 12.2 Å². The van der Waals surface area contributed by atoms with Gasteiger partial charge in [-0.1, -0.05) is 23.8 Å². The van der Waals surface area contributed by atoms with Gasteiger partial charge >= 0.3 is 5.97 Å². The summed E-state index contributed by atoms with van der Waals surface area (Å²) in [6.07, 6.45) is 1.50. The van der Waals surface area contributed by atoms with Crippen LogP contribution in [0.4, 0.5) is 23.1 Å². The van der Waals surface area contributed by atoms with Crippen molar-refractivity contribution < 1.29 is 9.53 Å². The Morgan fingerprint density at radius 1 is 0.882 bits per heavy atom. The Bertz CT molecular complexity index is 1300. The molecule has 8 nitrogen and oxygen atoms in total. The highest BCUT2D eigenvalue weighted by molar-refractivity contribution is 5.95. The summed E-state index contributed by atoms with van der Waals surface area (Å²) in [5.74, 6) is 0.959. The molecular formula is C26H26N6O2. The smallest absolute Gasteiger partial charge is 0.343 e. The lowest BCUT2D eigenvalue weighted by Crippen LogP contribution is -2.11. The summed E-state index contributed by atoms with van der Waals surface area (Å²) in [4.78, 5) is 30.3. The van der Waals surface area contributed by atoms with Gasteiger partial charge in [-0.3, -0.25) is 0 Å². The van der Waals surface area contributed by atoms with Crippen molar-refractivity contribution in [2.45, 2.75) is 27.7 Å². The fourth-order valence-electron chi connectivity index (χ4n) is 3.44. The van der Waals surface area contributed by atoms with Gasteiger partial charge in [-0.05, 0) is 64.1 Å². The monoisotopic (exact) mass is 454 g/mol. The van der Waals surface area contributed by atoms with Gasteiger partial charge in [0.25, 0.3) is 0 Å². The van der Waals surface area contributed by atoms with E-state index in [1.54, 1.807) is 6.92 Å². The molecular weight excluding hydrogens is 428 g/mol. The Morgan fingerprint density at radius 3 is 2.21 bits per heavy atom. The maximum atomic E-state index is 12.5. The number of aryl methyl sites for hydroxylation is 3. The fraction of sp³-hybridized carbons (Fsp3) is 0.192. The van der Waals surface area contributed by atoms with E-state index in [0.717, 1.165) is 33.9 Å². The molecule has 0 aliphatic rings. The van der Waals surface area contributed by atoms with Crippen molar-refractivity contribution in [1.29, 1.82) is 0 Å². The topological polar surface area (TPSA) is 102 Å². The highest BCUT2D eigenvalue weighted by Crippen LogP contribution is 2.25. The van der Waals surface area contributed by atoms with Crippen LogP contribution in [0.2, 0.25) is 0 Å². The van der Waals surface area contributed by atoms with Crippen LogP contribution >= 0.6 is 0 Å². The Labute approximate surface area is 198 Å². The van der Waals surface area contributed by atoms with Crippen LogP contribution in [0.3, 0.4) is 0 Å². The van der Waals surface area contributed by atoms with Gasteiger partial charge in [-0.25, -0.2) is 24.7 Å². The lowest BCUT2D eigenvalue weighted by Gasteiger charge is -2.13. The second kappa shape index (κ2) is 10.1. The molecule has 0 amide bonds. The first-order chi connectivity index (χ1) is 16.4. The zero-order chi connectivity index (χ0) is 24.1. The Hall–Kier alpha value is -4.33. The molecule has 4 rings (SSSR count). The maximum Gasteiger partial charge on any atom is 0.343 e. The van der Waals surface area contributed by atoms with Gasteiger partial charge < -0.3 is 15.4 Å². The van der Waals surface area contributed by atoms with Gasteiger partial charge in [0.1, 0.15) is 11.4 Å². The van der Waals surface area contributed by atoms with Crippen molar-refractivity contribution >= 4 is 29.1 Å². The fourth-order valence-corrected chi connectivity index (χ4v) is 3.44. The van der Waals surface area contributed by atoms with Gasteiger partial charge in [0.05, 0.1) is 6.61 Å². The van der Waals surface area contributed by atoms with Gasteiger partial charge in [0.15, 0.2) is 5.82 Å². The third-order valence-corrected chi connectivity index (χ3v) is 4.95. The van der Waals surface area contributed by atoms with Crippen LogP contribution in [0.1, 0.15) is 34.2 Å². The number of benzene rings is 2. The summed E-state index contributed by atoms with van der Waals surface area (Å²) in [5, 5.41) is 6.44. The van der Waals surface area contributed by atoms with Gasteiger partial charge in [0.2, 0.25) is 5.95 Å². The maximum absolute atomic E-state index is 12.5. The van der Waals surface area contributed by atoms with Crippen LogP contribution in [0.5, 0.6) is 0 Å². The molecule has 172 valence electrons. The molecule has 0 fully saturated rings. The van der Waals surface area contributed by atoms with Crippen molar-refractivity contribution in [3.63, 3.8) is 0 Å². The number of hydrogen-bond donors (Lipinski definition) is 2. The third-order valence-electron chi connectivity index (χ3n) is 4.95. The van der Waals surface area contributed by atoms with Crippen LogP contribution in [0.15, 0.2) is 60.8 Å². The highest BCUT2D eigenvalue weighted by Gasteiger charge is 2.17. The summed E-state index contributed by atoms with van der Waals surface area (Å²) < 4.78 is 5.19. The second-order valence-corrected chi connectivity index (χ2v) is 7.85. The molecule has 0 aliphatic heterocycles. The number of ether oxygens (including phenoxy) is 1. The molecule has 0 spiro atoms. The van der Waals surface area contributed by atoms with Crippen LogP contribution < -0.4 is 10.6 Å². The first-order valence-corrected chi connectivity index (χ1v) is 11.0.